The van der Waals surface area contributed by atoms with Gasteiger partial charge in [-0.05, 0) is 52.7 Å². The largest absolute Gasteiger partial charge is 0.393 e. The Balaban J connectivity index is 2.29. The zero-order chi connectivity index (χ0) is 12.4. The normalized spacial score (nSPS) is 25.6. The van der Waals surface area contributed by atoms with E-state index in [9.17, 15) is 9.50 Å². The van der Waals surface area contributed by atoms with Crippen LogP contribution in [0.3, 0.4) is 0 Å². The van der Waals surface area contributed by atoms with E-state index in [1.807, 2.05) is 0 Å². The van der Waals surface area contributed by atoms with Gasteiger partial charge in [-0.15, -0.1) is 0 Å². The number of rotatable bonds is 1. The highest BCUT2D eigenvalue weighted by Gasteiger charge is 2.23. The van der Waals surface area contributed by atoms with Gasteiger partial charge in [-0.25, -0.2) is 4.39 Å². The zero-order valence-corrected chi connectivity index (χ0v) is 11.8. The van der Waals surface area contributed by atoms with Gasteiger partial charge in [-0.3, -0.25) is 0 Å². The summed E-state index contributed by atoms with van der Waals surface area (Å²) < 4.78 is 14.6. The Hall–Kier alpha value is -0.120. The van der Waals surface area contributed by atoms with Gasteiger partial charge in [0.1, 0.15) is 5.82 Å². The van der Waals surface area contributed by atoms with E-state index in [1.54, 1.807) is 12.1 Å². The predicted molar refractivity (Wildman–Crippen MR) is 70.9 cm³/mol. The van der Waals surface area contributed by atoms with Crippen LogP contribution in [0, 0.1) is 5.82 Å². The van der Waals surface area contributed by atoms with Crippen LogP contribution in [0.4, 0.5) is 4.39 Å². The van der Waals surface area contributed by atoms with Crippen LogP contribution in [-0.4, -0.2) is 11.2 Å². The van der Waals surface area contributed by atoms with E-state index in [4.69, 9.17) is 11.6 Å². The molecule has 0 aliphatic heterocycles. The average Bonchev–Trinajstić information content (AvgIpc) is 2.51. The average molecular weight is 322 g/mol. The molecule has 2 rings (SSSR count). The van der Waals surface area contributed by atoms with Crippen molar-refractivity contribution >= 4 is 27.5 Å². The summed E-state index contributed by atoms with van der Waals surface area (Å²) in [6, 6.07) is 3.55. The fraction of sp³-hybridized carbons (Fsp3) is 0.538. The molecule has 4 heteroatoms. The standard InChI is InChI=1S/C13H15BrClFO/c14-11-6-5-10(13(16)12(11)15)8-3-1-2-4-9(17)7-8/h5-6,8-9,17H,1-4,7H2. The summed E-state index contributed by atoms with van der Waals surface area (Å²) in [5.41, 5.74) is 0.638. The van der Waals surface area contributed by atoms with Gasteiger partial charge >= 0.3 is 0 Å². The molecule has 1 N–H and O–H groups in total. The number of hydrogen-bond donors (Lipinski definition) is 1. The van der Waals surface area contributed by atoms with Gasteiger partial charge in [0, 0.05) is 4.47 Å². The van der Waals surface area contributed by atoms with Crippen LogP contribution in [0.25, 0.3) is 0 Å². The highest BCUT2D eigenvalue weighted by molar-refractivity contribution is 9.10. The minimum Gasteiger partial charge on any atom is -0.393 e. The van der Waals surface area contributed by atoms with Gasteiger partial charge < -0.3 is 5.11 Å². The van der Waals surface area contributed by atoms with Crippen molar-refractivity contribution in [3.63, 3.8) is 0 Å². The molecule has 2 atom stereocenters. The van der Waals surface area contributed by atoms with Crippen molar-refractivity contribution in [2.45, 2.75) is 44.1 Å². The third-order valence-corrected chi connectivity index (χ3v) is 4.66. The van der Waals surface area contributed by atoms with Crippen LogP contribution in [0.15, 0.2) is 16.6 Å². The Morgan fingerprint density at radius 1 is 1.29 bits per heavy atom. The van der Waals surface area contributed by atoms with Gasteiger partial charge in [-0.2, -0.15) is 0 Å². The second-order valence-corrected chi connectivity index (χ2v) is 5.87. The molecule has 1 aromatic carbocycles. The lowest BCUT2D eigenvalue weighted by atomic mass is 9.91. The Labute approximate surface area is 114 Å². The topological polar surface area (TPSA) is 20.2 Å². The third-order valence-electron chi connectivity index (χ3n) is 3.40. The van der Waals surface area contributed by atoms with Gasteiger partial charge in [0.25, 0.3) is 0 Å². The number of halogens is 3. The summed E-state index contributed by atoms with van der Waals surface area (Å²) in [7, 11) is 0. The summed E-state index contributed by atoms with van der Waals surface area (Å²) in [4.78, 5) is 0. The van der Waals surface area contributed by atoms with Crippen LogP contribution >= 0.6 is 27.5 Å². The molecule has 0 spiro atoms. The maximum absolute atomic E-state index is 14.1. The second kappa shape index (κ2) is 5.68. The van der Waals surface area contributed by atoms with E-state index in [0.717, 1.165) is 25.7 Å². The van der Waals surface area contributed by atoms with Gasteiger partial charge in [-0.1, -0.05) is 30.5 Å². The molecule has 1 saturated carbocycles. The Morgan fingerprint density at radius 3 is 2.76 bits per heavy atom. The first-order valence-corrected chi connectivity index (χ1v) is 7.08. The fourth-order valence-corrected chi connectivity index (χ4v) is 2.95. The van der Waals surface area contributed by atoms with Crippen molar-refractivity contribution in [2.24, 2.45) is 0 Å². The first kappa shape index (κ1) is 13.3. The lowest BCUT2D eigenvalue weighted by molar-refractivity contribution is 0.151. The van der Waals surface area contributed by atoms with Crippen molar-refractivity contribution in [1.82, 2.24) is 0 Å². The zero-order valence-electron chi connectivity index (χ0n) is 9.43. The molecule has 0 saturated heterocycles. The monoisotopic (exact) mass is 320 g/mol. The van der Waals surface area contributed by atoms with Crippen LogP contribution in [0.2, 0.25) is 5.02 Å². The SMILES string of the molecule is OC1CCCCC(c2ccc(Br)c(Cl)c2F)C1. The minimum absolute atomic E-state index is 0.0816. The second-order valence-electron chi connectivity index (χ2n) is 4.64. The van der Waals surface area contributed by atoms with Crippen LogP contribution in [0.1, 0.15) is 43.6 Å². The molecule has 0 radical (unpaired) electrons. The minimum atomic E-state index is -0.347. The van der Waals surface area contributed by atoms with E-state index in [0.29, 0.717) is 16.5 Å². The highest BCUT2D eigenvalue weighted by Crippen LogP contribution is 2.37. The molecule has 1 aliphatic carbocycles. The van der Waals surface area contributed by atoms with Crippen molar-refractivity contribution in [1.29, 1.82) is 0 Å². The summed E-state index contributed by atoms with van der Waals surface area (Å²) in [6.45, 7) is 0. The van der Waals surface area contributed by atoms with E-state index in [1.165, 1.54) is 0 Å². The molecule has 0 bridgehead atoms. The number of benzene rings is 1. The quantitative estimate of drug-likeness (QED) is 0.589. The summed E-state index contributed by atoms with van der Waals surface area (Å²) in [5, 5.41) is 9.91. The van der Waals surface area contributed by atoms with Crippen molar-refractivity contribution in [3.05, 3.63) is 33.0 Å². The van der Waals surface area contributed by atoms with E-state index in [-0.39, 0.29) is 22.9 Å². The number of aliphatic hydroxyl groups excluding tert-OH is 1. The Bertz CT molecular complexity index is 411. The van der Waals surface area contributed by atoms with E-state index < -0.39 is 0 Å². The predicted octanol–water partition coefficient (Wildman–Crippen LogP) is 4.65. The smallest absolute Gasteiger partial charge is 0.146 e. The first-order chi connectivity index (χ1) is 8.09. The number of aliphatic hydroxyl groups is 1. The Kier molecular flexibility index (Phi) is 4.45. The molecule has 0 amide bonds. The van der Waals surface area contributed by atoms with Crippen LogP contribution < -0.4 is 0 Å². The summed E-state index contributed by atoms with van der Waals surface area (Å²) in [6.07, 6.45) is 4.12. The Morgan fingerprint density at radius 2 is 2.00 bits per heavy atom. The van der Waals surface area contributed by atoms with Crippen molar-refractivity contribution < 1.29 is 9.50 Å². The fourth-order valence-electron chi connectivity index (χ4n) is 2.47. The van der Waals surface area contributed by atoms with Crippen molar-refractivity contribution in [3.8, 4) is 0 Å². The van der Waals surface area contributed by atoms with E-state index in [2.05, 4.69) is 15.9 Å². The van der Waals surface area contributed by atoms with Crippen LogP contribution in [-0.2, 0) is 0 Å². The summed E-state index contributed by atoms with van der Waals surface area (Å²) >= 11 is 9.11. The molecular formula is C13H15BrClFO. The molecule has 17 heavy (non-hydrogen) atoms. The van der Waals surface area contributed by atoms with Gasteiger partial charge in [0.2, 0.25) is 0 Å². The molecule has 1 fully saturated rings. The number of hydrogen-bond acceptors (Lipinski definition) is 1. The molecule has 94 valence electrons. The maximum atomic E-state index is 14.1. The molecule has 0 aromatic heterocycles. The third kappa shape index (κ3) is 3.01. The lowest BCUT2D eigenvalue weighted by Crippen LogP contribution is -2.10. The highest BCUT2D eigenvalue weighted by atomic mass is 79.9. The van der Waals surface area contributed by atoms with Crippen LogP contribution in [0.5, 0.6) is 0 Å². The molecule has 1 aliphatic rings. The maximum Gasteiger partial charge on any atom is 0.146 e. The van der Waals surface area contributed by atoms with E-state index >= 15 is 0 Å². The van der Waals surface area contributed by atoms with Crippen molar-refractivity contribution in [2.75, 3.05) is 0 Å². The molecule has 0 heterocycles. The first-order valence-electron chi connectivity index (χ1n) is 5.91. The molecule has 1 aromatic rings. The molecular weight excluding hydrogens is 306 g/mol. The van der Waals surface area contributed by atoms with Gasteiger partial charge in [0.15, 0.2) is 0 Å². The van der Waals surface area contributed by atoms with Gasteiger partial charge in [0.05, 0.1) is 11.1 Å². The molecule has 2 unspecified atom stereocenters. The lowest BCUT2D eigenvalue weighted by Gasteiger charge is -2.18. The summed E-state index contributed by atoms with van der Waals surface area (Å²) in [5.74, 6) is -0.266. The molecule has 1 nitrogen and oxygen atoms in total.